The Morgan fingerprint density at radius 1 is 1.36 bits per heavy atom. The second-order valence-electron chi connectivity index (χ2n) is 6.11. The highest BCUT2D eigenvalue weighted by Crippen LogP contribution is 2.43. The van der Waals surface area contributed by atoms with Crippen molar-refractivity contribution >= 4 is 12.1 Å². The second kappa shape index (κ2) is 6.38. The Morgan fingerprint density at radius 3 is 2.55 bits per heavy atom. The highest BCUT2D eigenvalue weighted by Gasteiger charge is 2.55. The van der Waals surface area contributed by atoms with Gasteiger partial charge in [-0.05, 0) is 24.8 Å². The van der Waals surface area contributed by atoms with Gasteiger partial charge in [0.2, 0.25) is 0 Å². The number of rotatable bonds is 4. The summed E-state index contributed by atoms with van der Waals surface area (Å²) in [5, 5.41) is 9.57. The number of carbonyl (C=O) groups is 2. The number of hydrogen-bond acceptors (Lipinski definition) is 3. The van der Waals surface area contributed by atoms with Crippen LogP contribution in [-0.4, -0.2) is 34.7 Å². The zero-order valence-electron chi connectivity index (χ0n) is 13.3. The Bertz CT molecular complexity index is 545. The van der Waals surface area contributed by atoms with Crippen molar-refractivity contribution < 1.29 is 19.4 Å². The third kappa shape index (κ3) is 2.80. The first-order chi connectivity index (χ1) is 10.4. The Labute approximate surface area is 130 Å². The lowest BCUT2D eigenvalue weighted by atomic mass is 9.75. The summed E-state index contributed by atoms with van der Waals surface area (Å²) in [4.78, 5) is 25.6. The third-order valence-corrected chi connectivity index (χ3v) is 4.85. The fourth-order valence-corrected chi connectivity index (χ4v) is 3.27. The van der Waals surface area contributed by atoms with Crippen LogP contribution in [0.4, 0.5) is 4.79 Å². The van der Waals surface area contributed by atoms with Gasteiger partial charge in [0.1, 0.15) is 6.61 Å². The number of likely N-dealkylation sites (tertiary alicyclic amines) is 1. The molecule has 0 radical (unpaired) electrons. The Kier molecular flexibility index (Phi) is 4.74. The van der Waals surface area contributed by atoms with E-state index in [1.165, 1.54) is 0 Å². The summed E-state index contributed by atoms with van der Waals surface area (Å²) < 4.78 is 5.36. The molecule has 1 N–H and O–H groups in total. The van der Waals surface area contributed by atoms with Gasteiger partial charge in [-0.2, -0.15) is 0 Å². The minimum Gasteiger partial charge on any atom is -0.481 e. The first kappa shape index (κ1) is 16.3. The molecule has 0 aliphatic carbocycles. The number of carbonyl (C=O) groups excluding carboxylic acids is 1. The summed E-state index contributed by atoms with van der Waals surface area (Å²) in [7, 11) is 0. The molecule has 120 valence electrons. The maximum Gasteiger partial charge on any atom is 0.410 e. The van der Waals surface area contributed by atoms with Crippen LogP contribution < -0.4 is 0 Å². The van der Waals surface area contributed by atoms with E-state index in [1.807, 2.05) is 44.2 Å². The first-order valence-electron chi connectivity index (χ1n) is 7.62. The van der Waals surface area contributed by atoms with Crippen molar-refractivity contribution in [3.63, 3.8) is 0 Å². The predicted molar refractivity (Wildman–Crippen MR) is 82.3 cm³/mol. The fraction of sp³-hybridized carbons (Fsp3) is 0.529. The van der Waals surface area contributed by atoms with Crippen LogP contribution in [-0.2, 0) is 16.1 Å². The molecular weight excluding hydrogens is 282 g/mol. The number of benzene rings is 1. The predicted octanol–water partition coefficient (Wildman–Crippen LogP) is 3.14. The van der Waals surface area contributed by atoms with E-state index in [9.17, 15) is 14.7 Å². The molecule has 1 unspecified atom stereocenters. The fourth-order valence-electron chi connectivity index (χ4n) is 3.27. The normalized spacial score (nSPS) is 27.7. The van der Waals surface area contributed by atoms with Crippen LogP contribution in [0.3, 0.4) is 0 Å². The average Bonchev–Trinajstić information content (AvgIpc) is 2.78. The van der Waals surface area contributed by atoms with Gasteiger partial charge >= 0.3 is 12.1 Å². The third-order valence-electron chi connectivity index (χ3n) is 4.85. The summed E-state index contributed by atoms with van der Waals surface area (Å²) >= 11 is 0. The quantitative estimate of drug-likeness (QED) is 0.928. The molecule has 0 bridgehead atoms. The lowest BCUT2D eigenvalue weighted by molar-refractivity contribution is -0.151. The van der Waals surface area contributed by atoms with Crippen molar-refractivity contribution in [3.8, 4) is 0 Å². The van der Waals surface area contributed by atoms with Crippen molar-refractivity contribution in [2.24, 2.45) is 11.3 Å². The Hall–Kier alpha value is -2.04. The van der Waals surface area contributed by atoms with E-state index in [4.69, 9.17) is 4.74 Å². The van der Waals surface area contributed by atoms with E-state index < -0.39 is 17.5 Å². The highest BCUT2D eigenvalue weighted by molar-refractivity contribution is 5.79. The molecule has 22 heavy (non-hydrogen) atoms. The maximum atomic E-state index is 12.4. The minimum absolute atomic E-state index is 0.112. The molecule has 1 amide bonds. The molecule has 1 aromatic rings. The molecule has 1 aliphatic heterocycles. The molecule has 0 aromatic heterocycles. The number of amides is 1. The van der Waals surface area contributed by atoms with Gasteiger partial charge in [0.25, 0.3) is 0 Å². The van der Waals surface area contributed by atoms with Crippen LogP contribution in [0, 0.1) is 11.3 Å². The molecule has 5 nitrogen and oxygen atoms in total. The molecule has 0 spiro atoms. The summed E-state index contributed by atoms with van der Waals surface area (Å²) in [5.74, 6) is -0.968. The number of nitrogens with zero attached hydrogens (tertiary/aromatic N) is 1. The van der Waals surface area contributed by atoms with Gasteiger partial charge in [-0.1, -0.05) is 44.2 Å². The molecule has 2 rings (SSSR count). The molecule has 5 heteroatoms. The maximum absolute atomic E-state index is 12.4. The summed E-state index contributed by atoms with van der Waals surface area (Å²) in [6.07, 6.45) is 0.153. The van der Waals surface area contributed by atoms with Gasteiger partial charge in [-0.3, -0.25) is 4.79 Å². The number of carboxylic acid groups (broad SMARTS) is 1. The molecule has 1 heterocycles. The van der Waals surface area contributed by atoms with Gasteiger partial charge in [0, 0.05) is 6.54 Å². The SMILES string of the molecule is CCC1N(C(=O)OCc2ccccc2)C[C@H](C)[C@@]1(C)C(=O)O. The van der Waals surface area contributed by atoms with E-state index in [2.05, 4.69) is 0 Å². The van der Waals surface area contributed by atoms with Crippen LogP contribution >= 0.6 is 0 Å². The Balaban J connectivity index is 2.08. The average molecular weight is 305 g/mol. The molecule has 1 aromatic carbocycles. The number of carboxylic acids is 1. The summed E-state index contributed by atoms with van der Waals surface area (Å²) in [5.41, 5.74) is -0.0160. The summed E-state index contributed by atoms with van der Waals surface area (Å²) in [6.45, 7) is 6.11. The molecule has 0 saturated carbocycles. The van der Waals surface area contributed by atoms with Crippen LogP contribution in [0.15, 0.2) is 30.3 Å². The zero-order valence-corrected chi connectivity index (χ0v) is 13.3. The molecule has 1 aliphatic rings. The highest BCUT2D eigenvalue weighted by atomic mass is 16.6. The molecule has 1 fully saturated rings. The van der Waals surface area contributed by atoms with Crippen molar-refractivity contribution in [1.82, 2.24) is 4.90 Å². The van der Waals surface area contributed by atoms with Gasteiger partial charge in [0.05, 0.1) is 11.5 Å². The Morgan fingerprint density at radius 2 is 2.00 bits per heavy atom. The van der Waals surface area contributed by atoms with E-state index in [0.29, 0.717) is 13.0 Å². The largest absolute Gasteiger partial charge is 0.481 e. The lowest BCUT2D eigenvalue weighted by Gasteiger charge is -2.32. The zero-order chi connectivity index (χ0) is 16.3. The number of hydrogen-bond donors (Lipinski definition) is 1. The van der Waals surface area contributed by atoms with Gasteiger partial charge in [-0.15, -0.1) is 0 Å². The van der Waals surface area contributed by atoms with Crippen LogP contribution in [0.2, 0.25) is 0 Å². The minimum atomic E-state index is -0.930. The van der Waals surface area contributed by atoms with Crippen LogP contribution in [0.1, 0.15) is 32.8 Å². The van der Waals surface area contributed by atoms with E-state index in [1.54, 1.807) is 11.8 Å². The van der Waals surface area contributed by atoms with Crippen LogP contribution in [0.5, 0.6) is 0 Å². The molecular formula is C17H23NO4. The number of ether oxygens (including phenoxy) is 1. The monoisotopic (exact) mass is 305 g/mol. The molecule has 3 atom stereocenters. The first-order valence-corrected chi connectivity index (χ1v) is 7.62. The van der Waals surface area contributed by atoms with E-state index >= 15 is 0 Å². The second-order valence-corrected chi connectivity index (χ2v) is 6.11. The van der Waals surface area contributed by atoms with Gasteiger partial charge in [-0.25, -0.2) is 4.79 Å². The van der Waals surface area contributed by atoms with Crippen molar-refractivity contribution in [2.45, 2.75) is 39.8 Å². The van der Waals surface area contributed by atoms with Crippen LogP contribution in [0.25, 0.3) is 0 Å². The van der Waals surface area contributed by atoms with Gasteiger partial charge in [0.15, 0.2) is 0 Å². The topological polar surface area (TPSA) is 66.8 Å². The van der Waals surface area contributed by atoms with Crippen molar-refractivity contribution in [1.29, 1.82) is 0 Å². The standard InChI is InChI=1S/C17H23NO4/c1-4-14-17(3,15(19)20)12(2)10-18(14)16(21)22-11-13-8-6-5-7-9-13/h5-9,12,14H,4,10-11H2,1-3H3,(H,19,20)/t12-,14?,17+/m0/s1. The number of aliphatic carboxylic acids is 1. The van der Waals surface area contributed by atoms with E-state index in [0.717, 1.165) is 5.56 Å². The van der Waals surface area contributed by atoms with E-state index in [-0.39, 0.29) is 18.6 Å². The lowest BCUT2D eigenvalue weighted by Crippen LogP contribution is -2.46. The molecule has 1 saturated heterocycles. The van der Waals surface area contributed by atoms with Crippen molar-refractivity contribution in [3.05, 3.63) is 35.9 Å². The smallest absolute Gasteiger partial charge is 0.410 e. The van der Waals surface area contributed by atoms with Gasteiger partial charge < -0.3 is 14.7 Å². The van der Waals surface area contributed by atoms with Crippen molar-refractivity contribution in [2.75, 3.05) is 6.54 Å². The summed E-state index contributed by atoms with van der Waals surface area (Å²) in [6, 6.07) is 9.11.